The van der Waals surface area contributed by atoms with Crippen molar-refractivity contribution in [1.82, 2.24) is 4.98 Å². The molecule has 1 aromatic rings. The molecule has 0 saturated heterocycles. The summed E-state index contributed by atoms with van der Waals surface area (Å²) in [4.78, 5) is 4.75. The second kappa shape index (κ2) is 5.70. The Bertz CT molecular complexity index is 940. The second-order valence-electron chi connectivity index (χ2n) is 9.49. The summed E-state index contributed by atoms with van der Waals surface area (Å²) in [6.45, 7) is 4.90. The molecule has 0 amide bonds. The number of anilines is 1. The van der Waals surface area contributed by atoms with E-state index in [1.807, 2.05) is 6.07 Å². The first-order valence-electron chi connectivity index (χ1n) is 10.1. The summed E-state index contributed by atoms with van der Waals surface area (Å²) < 4.78 is 1.35. The monoisotopic (exact) mass is 423 g/mol. The molecule has 5 rings (SSSR count). The van der Waals surface area contributed by atoms with Crippen molar-refractivity contribution in [3.63, 3.8) is 0 Å². The first-order valence-corrected chi connectivity index (χ1v) is 10.9. The highest BCUT2D eigenvalue weighted by Crippen LogP contribution is 2.64. The fourth-order valence-electron chi connectivity index (χ4n) is 6.83. The number of rotatable bonds is 0. The van der Waals surface area contributed by atoms with E-state index in [1.54, 1.807) is 5.57 Å². The van der Waals surface area contributed by atoms with Crippen LogP contribution in [-0.2, 0) is 11.8 Å². The van der Waals surface area contributed by atoms with E-state index in [0.29, 0.717) is 28.6 Å². The number of nitrogens with two attached hydrogens (primary N) is 1. The standard InChI is InChI=1S/C23H26BrN3/c1-22-7-5-16(24)11-15(22)3-4-17-18(22)6-8-23(2)19(17)10-13-9-14(12-25)21(26)27-20(13)23/h3,5,9,17-19H,4,6-8,10-11H2,1-2H3,(H2,26,27)/t17-,18+,19+,22+,23+/m1/s1. The molecule has 5 atom stereocenters. The molecule has 3 nitrogen and oxygen atoms in total. The van der Waals surface area contributed by atoms with Crippen molar-refractivity contribution in [3.8, 4) is 6.07 Å². The van der Waals surface area contributed by atoms with E-state index >= 15 is 0 Å². The van der Waals surface area contributed by atoms with Crippen molar-refractivity contribution in [2.45, 2.75) is 57.8 Å². The van der Waals surface area contributed by atoms with Crippen LogP contribution in [0.4, 0.5) is 5.82 Å². The van der Waals surface area contributed by atoms with Crippen LogP contribution in [-0.4, -0.2) is 4.98 Å². The van der Waals surface area contributed by atoms with E-state index in [9.17, 15) is 5.26 Å². The Morgan fingerprint density at radius 2 is 2.07 bits per heavy atom. The van der Waals surface area contributed by atoms with Crippen LogP contribution in [0.1, 0.15) is 62.8 Å². The molecule has 0 radical (unpaired) electrons. The zero-order valence-corrected chi connectivity index (χ0v) is 17.6. The quantitative estimate of drug-likeness (QED) is 0.567. The molecule has 0 bridgehead atoms. The molecule has 1 saturated carbocycles. The van der Waals surface area contributed by atoms with Gasteiger partial charge >= 0.3 is 0 Å². The number of nitriles is 1. The fourth-order valence-corrected chi connectivity index (χ4v) is 7.29. The summed E-state index contributed by atoms with van der Waals surface area (Å²) in [5, 5.41) is 9.36. The zero-order chi connectivity index (χ0) is 19.0. The maximum atomic E-state index is 9.36. The smallest absolute Gasteiger partial charge is 0.141 e. The van der Waals surface area contributed by atoms with Crippen molar-refractivity contribution >= 4 is 21.7 Å². The molecule has 140 valence electrons. The lowest BCUT2D eigenvalue weighted by Gasteiger charge is -2.56. The Labute approximate surface area is 169 Å². The van der Waals surface area contributed by atoms with Gasteiger partial charge in [-0.25, -0.2) is 4.98 Å². The van der Waals surface area contributed by atoms with E-state index in [4.69, 9.17) is 10.7 Å². The molecule has 0 unspecified atom stereocenters. The Balaban J connectivity index is 1.55. The number of nitrogen functional groups attached to an aromatic ring is 1. The van der Waals surface area contributed by atoms with Gasteiger partial charge in [0.05, 0.1) is 11.3 Å². The molecule has 1 heterocycles. The average Bonchev–Trinajstić information content (AvgIpc) is 2.93. The van der Waals surface area contributed by atoms with E-state index in [1.165, 1.54) is 35.0 Å². The molecule has 1 aromatic heterocycles. The topological polar surface area (TPSA) is 62.7 Å². The maximum absolute atomic E-state index is 9.36. The van der Waals surface area contributed by atoms with Gasteiger partial charge in [0.1, 0.15) is 11.9 Å². The van der Waals surface area contributed by atoms with Crippen molar-refractivity contribution in [2.24, 2.45) is 23.2 Å². The third kappa shape index (κ3) is 2.27. The molecule has 2 N–H and O–H groups in total. The van der Waals surface area contributed by atoms with Gasteiger partial charge in [-0.3, -0.25) is 0 Å². The minimum absolute atomic E-state index is 0.103. The van der Waals surface area contributed by atoms with Crippen LogP contribution in [0, 0.1) is 34.5 Å². The number of allylic oxidation sites excluding steroid dienone is 4. The average molecular weight is 424 g/mol. The van der Waals surface area contributed by atoms with Gasteiger partial charge in [-0.2, -0.15) is 5.26 Å². The summed E-state index contributed by atoms with van der Waals surface area (Å²) in [6, 6.07) is 4.23. The molecule has 0 aliphatic heterocycles. The van der Waals surface area contributed by atoms with Crippen LogP contribution in [0.15, 0.2) is 28.3 Å². The molecular weight excluding hydrogens is 398 g/mol. The van der Waals surface area contributed by atoms with Crippen molar-refractivity contribution < 1.29 is 0 Å². The van der Waals surface area contributed by atoms with Gasteiger partial charge in [0.15, 0.2) is 0 Å². The minimum atomic E-state index is 0.103. The molecule has 27 heavy (non-hydrogen) atoms. The van der Waals surface area contributed by atoms with Gasteiger partial charge in [-0.05, 0) is 71.4 Å². The van der Waals surface area contributed by atoms with Crippen molar-refractivity contribution in [2.75, 3.05) is 5.73 Å². The van der Waals surface area contributed by atoms with E-state index in [-0.39, 0.29) is 5.41 Å². The summed E-state index contributed by atoms with van der Waals surface area (Å²) in [5.74, 6) is 2.45. The first-order chi connectivity index (χ1) is 12.9. The summed E-state index contributed by atoms with van der Waals surface area (Å²) >= 11 is 3.73. The fraction of sp³-hybridized carbons (Fsp3) is 0.565. The summed E-state index contributed by atoms with van der Waals surface area (Å²) in [5.41, 5.74) is 11.1. The van der Waals surface area contributed by atoms with Gasteiger partial charge < -0.3 is 5.73 Å². The highest BCUT2D eigenvalue weighted by molar-refractivity contribution is 9.11. The highest BCUT2D eigenvalue weighted by Gasteiger charge is 2.57. The predicted octanol–water partition coefficient (Wildman–Crippen LogP) is 5.40. The lowest BCUT2D eigenvalue weighted by atomic mass is 9.48. The number of halogens is 1. The molecule has 1 fully saturated rings. The molecule has 4 aliphatic carbocycles. The van der Waals surface area contributed by atoms with E-state index in [0.717, 1.165) is 25.2 Å². The zero-order valence-electron chi connectivity index (χ0n) is 16.1. The van der Waals surface area contributed by atoms with Gasteiger partial charge in [0.25, 0.3) is 0 Å². The van der Waals surface area contributed by atoms with E-state index < -0.39 is 0 Å². The number of pyridine rings is 1. The van der Waals surface area contributed by atoms with Crippen molar-refractivity contribution in [3.05, 3.63) is 45.1 Å². The Kier molecular flexibility index (Phi) is 3.70. The largest absolute Gasteiger partial charge is 0.383 e. The normalized spacial score (nSPS) is 39.3. The highest BCUT2D eigenvalue weighted by atomic mass is 79.9. The molecule has 0 spiro atoms. The van der Waals surface area contributed by atoms with Gasteiger partial charge in [-0.1, -0.05) is 47.5 Å². The molecular formula is C23H26BrN3. The lowest BCUT2D eigenvalue weighted by Crippen LogP contribution is -2.50. The van der Waals surface area contributed by atoms with Crippen LogP contribution in [0.2, 0.25) is 0 Å². The molecule has 0 aromatic carbocycles. The lowest BCUT2D eigenvalue weighted by molar-refractivity contribution is 0.00921. The minimum Gasteiger partial charge on any atom is -0.383 e. The Hall–Kier alpha value is -1.60. The Morgan fingerprint density at radius 3 is 2.85 bits per heavy atom. The van der Waals surface area contributed by atoms with E-state index in [2.05, 4.69) is 48.0 Å². The predicted molar refractivity (Wildman–Crippen MR) is 111 cm³/mol. The van der Waals surface area contributed by atoms with Crippen LogP contribution >= 0.6 is 15.9 Å². The number of hydrogen-bond donors (Lipinski definition) is 1. The number of fused-ring (bicyclic) bond motifs is 7. The van der Waals surface area contributed by atoms with Crippen LogP contribution in [0.25, 0.3) is 0 Å². The second-order valence-corrected chi connectivity index (χ2v) is 10.5. The van der Waals surface area contributed by atoms with Gasteiger partial charge in [0, 0.05) is 11.8 Å². The molecule has 4 heteroatoms. The SMILES string of the molecule is C[C@]12CC=C(Br)CC1=CC[C@@H]1[C@@H]2CC[C@]2(C)c3nc(N)c(C#N)cc3C[C@@H]12. The summed E-state index contributed by atoms with van der Waals surface area (Å²) in [6.07, 6.45) is 11.9. The number of aromatic nitrogens is 1. The Morgan fingerprint density at radius 1 is 1.26 bits per heavy atom. The summed E-state index contributed by atoms with van der Waals surface area (Å²) in [7, 11) is 0. The van der Waals surface area contributed by atoms with Gasteiger partial charge in [0.2, 0.25) is 0 Å². The maximum Gasteiger partial charge on any atom is 0.141 e. The third-order valence-electron chi connectivity index (χ3n) is 8.35. The third-order valence-corrected chi connectivity index (χ3v) is 8.96. The van der Waals surface area contributed by atoms with Crippen LogP contribution in [0.3, 0.4) is 0 Å². The molecule has 4 aliphatic rings. The van der Waals surface area contributed by atoms with Crippen LogP contribution < -0.4 is 5.73 Å². The number of hydrogen-bond acceptors (Lipinski definition) is 3. The van der Waals surface area contributed by atoms with Crippen molar-refractivity contribution in [1.29, 1.82) is 5.26 Å². The van der Waals surface area contributed by atoms with Gasteiger partial charge in [-0.15, -0.1) is 0 Å². The van der Waals surface area contributed by atoms with Crippen LogP contribution in [0.5, 0.6) is 0 Å². The number of nitrogens with zero attached hydrogens (tertiary/aromatic N) is 2. The first kappa shape index (κ1) is 17.5.